The Morgan fingerprint density at radius 2 is 1.93 bits per heavy atom. The molecule has 2 fully saturated rings. The first-order chi connectivity index (χ1) is 13.3. The number of amides is 1. The summed E-state index contributed by atoms with van der Waals surface area (Å²) < 4.78 is 5.89. The van der Waals surface area contributed by atoms with Crippen molar-refractivity contribution in [1.29, 1.82) is 0 Å². The Bertz CT molecular complexity index is 745. The van der Waals surface area contributed by atoms with Crippen LogP contribution in [0.25, 0.3) is 11.1 Å². The van der Waals surface area contributed by atoms with Crippen molar-refractivity contribution in [2.75, 3.05) is 19.7 Å². The zero-order valence-corrected chi connectivity index (χ0v) is 15.6. The Morgan fingerprint density at radius 1 is 1.11 bits per heavy atom. The highest BCUT2D eigenvalue weighted by Gasteiger charge is 2.27. The fourth-order valence-electron chi connectivity index (χ4n) is 4.05. The summed E-state index contributed by atoms with van der Waals surface area (Å²) in [7, 11) is 0. The minimum atomic E-state index is -0.157. The molecular formula is C21H26N4O2. The molecule has 4 rings (SSSR count). The number of carbonyl (C=O) groups excluding carboxylic acids is 1. The molecule has 6 nitrogen and oxygen atoms in total. The smallest absolute Gasteiger partial charge is 0.222 e. The summed E-state index contributed by atoms with van der Waals surface area (Å²) in [5.74, 6) is 1.01. The van der Waals surface area contributed by atoms with Gasteiger partial charge in [-0.15, -0.1) is 0 Å². The van der Waals surface area contributed by atoms with Gasteiger partial charge in [0.1, 0.15) is 12.4 Å². The standard InChI is InChI=1S/C21H26N4O2/c26-21(8-5-16-3-1-2-4-16)25-9-10-27-20(14-25)19-7-6-17(13-24-19)18-11-22-15-23-12-18/h6-7,11-13,15-16,20H,1-5,8-10,14H2/t20-/m0/s1. The highest BCUT2D eigenvalue weighted by Crippen LogP contribution is 2.29. The zero-order chi connectivity index (χ0) is 18.5. The monoisotopic (exact) mass is 366 g/mol. The number of hydrogen-bond acceptors (Lipinski definition) is 5. The molecule has 0 aromatic carbocycles. The number of hydrogen-bond donors (Lipinski definition) is 0. The third-order valence-corrected chi connectivity index (χ3v) is 5.67. The van der Waals surface area contributed by atoms with Crippen LogP contribution >= 0.6 is 0 Å². The molecule has 142 valence electrons. The van der Waals surface area contributed by atoms with Gasteiger partial charge in [-0.25, -0.2) is 9.97 Å². The van der Waals surface area contributed by atoms with E-state index in [1.165, 1.54) is 32.0 Å². The molecule has 27 heavy (non-hydrogen) atoms. The van der Waals surface area contributed by atoms with Crippen LogP contribution in [0.4, 0.5) is 0 Å². The van der Waals surface area contributed by atoms with E-state index < -0.39 is 0 Å². The summed E-state index contributed by atoms with van der Waals surface area (Å²) in [5.41, 5.74) is 2.77. The van der Waals surface area contributed by atoms with E-state index >= 15 is 0 Å². The van der Waals surface area contributed by atoms with Gasteiger partial charge in [0.2, 0.25) is 5.91 Å². The van der Waals surface area contributed by atoms with Gasteiger partial charge in [0.15, 0.2) is 0 Å². The summed E-state index contributed by atoms with van der Waals surface area (Å²) in [4.78, 5) is 27.2. The summed E-state index contributed by atoms with van der Waals surface area (Å²) in [6, 6.07) is 3.98. The van der Waals surface area contributed by atoms with Gasteiger partial charge in [-0.2, -0.15) is 0 Å². The van der Waals surface area contributed by atoms with Gasteiger partial charge in [-0.05, 0) is 18.4 Å². The Labute approximate surface area is 160 Å². The molecule has 2 aromatic rings. The van der Waals surface area contributed by atoms with Crippen LogP contribution in [0.1, 0.15) is 50.3 Å². The second-order valence-electron chi connectivity index (χ2n) is 7.49. The SMILES string of the molecule is O=C(CCC1CCCC1)N1CCO[C@H](c2ccc(-c3cncnc3)cn2)C1. The van der Waals surface area contributed by atoms with Crippen LogP contribution in [0.5, 0.6) is 0 Å². The normalized spacial score (nSPS) is 20.7. The Balaban J connectivity index is 1.35. The average Bonchev–Trinajstić information content (AvgIpc) is 3.27. The second-order valence-corrected chi connectivity index (χ2v) is 7.49. The van der Waals surface area contributed by atoms with Crippen molar-refractivity contribution in [2.45, 2.75) is 44.6 Å². The van der Waals surface area contributed by atoms with Gasteiger partial charge >= 0.3 is 0 Å². The quantitative estimate of drug-likeness (QED) is 0.811. The lowest BCUT2D eigenvalue weighted by Crippen LogP contribution is -2.42. The third-order valence-electron chi connectivity index (χ3n) is 5.67. The summed E-state index contributed by atoms with van der Waals surface area (Å²) in [6.07, 6.45) is 13.7. The van der Waals surface area contributed by atoms with Crippen molar-refractivity contribution in [3.8, 4) is 11.1 Å². The van der Waals surface area contributed by atoms with Gasteiger partial charge in [0, 0.05) is 42.7 Å². The largest absolute Gasteiger partial charge is 0.368 e. The van der Waals surface area contributed by atoms with Gasteiger partial charge in [-0.1, -0.05) is 31.7 Å². The second kappa shape index (κ2) is 8.57. The average molecular weight is 366 g/mol. The minimum absolute atomic E-state index is 0.157. The fraction of sp³-hybridized carbons (Fsp3) is 0.524. The molecule has 1 saturated heterocycles. The fourth-order valence-corrected chi connectivity index (χ4v) is 4.05. The molecule has 1 aliphatic carbocycles. The van der Waals surface area contributed by atoms with E-state index in [-0.39, 0.29) is 12.0 Å². The molecule has 0 bridgehead atoms. The molecule has 2 aliphatic rings. The molecule has 0 radical (unpaired) electrons. The predicted octanol–water partition coefficient (Wildman–Crippen LogP) is 3.41. The Kier molecular flexibility index (Phi) is 5.72. The number of rotatable bonds is 5. The molecule has 1 aliphatic heterocycles. The van der Waals surface area contributed by atoms with E-state index in [0.717, 1.165) is 29.2 Å². The van der Waals surface area contributed by atoms with Crippen LogP contribution < -0.4 is 0 Å². The molecular weight excluding hydrogens is 340 g/mol. The summed E-state index contributed by atoms with van der Waals surface area (Å²) >= 11 is 0. The molecule has 3 heterocycles. The molecule has 0 spiro atoms. The molecule has 2 aromatic heterocycles. The number of nitrogens with zero attached hydrogens (tertiary/aromatic N) is 4. The van der Waals surface area contributed by atoms with E-state index in [9.17, 15) is 4.79 Å². The van der Waals surface area contributed by atoms with Gasteiger partial charge in [0.25, 0.3) is 0 Å². The first kappa shape index (κ1) is 18.0. The number of morpholine rings is 1. The predicted molar refractivity (Wildman–Crippen MR) is 102 cm³/mol. The van der Waals surface area contributed by atoms with Crippen molar-refractivity contribution in [1.82, 2.24) is 19.9 Å². The number of carbonyl (C=O) groups is 1. The molecule has 1 atom stereocenters. The maximum atomic E-state index is 12.6. The van der Waals surface area contributed by atoms with E-state index in [1.807, 2.05) is 23.2 Å². The number of aromatic nitrogens is 3. The van der Waals surface area contributed by atoms with E-state index in [1.54, 1.807) is 12.4 Å². The van der Waals surface area contributed by atoms with Crippen molar-refractivity contribution in [3.05, 3.63) is 42.7 Å². The maximum absolute atomic E-state index is 12.6. The summed E-state index contributed by atoms with van der Waals surface area (Å²) in [5, 5.41) is 0. The van der Waals surface area contributed by atoms with Crippen molar-refractivity contribution in [3.63, 3.8) is 0 Å². The molecule has 1 amide bonds. The van der Waals surface area contributed by atoms with Crippen LogP contribution in [0, 0.1) is 5.92 Å². The molecule has 1 saturated carbocycles. The lowest BCUT2D eigenvalue weighted by Gasteiger charge is -2.33. The minimum Gasteiger partial charge on any atom is -0.368 e. The zero-order valence-electron chi connectivity index (χ0n) is 15.6. The van der Waals surface area contributed by atoms with Crippen LogP contribution in [0.15, 0.2) is 37.1 Å². The molecule has 0 N–H and O–H groups in total. The van der Waals surface area contributed by atoms with Gasteiger partial charge in [-0.3, -0.25) is 9.78 Å². The van der Waals surface area contributed by atoms with Crippen molar-refractivity contribution in [2.24, 2.45) is 5.92 Å². The van der Waals surface area contributed by atoms with E-state index in [0.29, 0.717) is 26.1 Å². The number of pyridine rings is 1. The lowest BCUT2D eigenvalue weighted by atomic mass is 10.0. The first-order valence-electron chi connectivity index (χ1n) is 9.90. The van der Waals surface area contributed by atoms with E-state index in [4.69, 9.17) is 4.74 Å². The molecule has 0 unspecified atom stereocenters. The maximum Gasteiger partial charge on any atom is 0.222 e. The molecule has 6 heteroatoms. The Morgan fingerprint density at radius 3 is 2.67 bits per heavy atom. The third kappa shape index (κ3) is 4.50. The van der Waals surface area contributed by atoms with Crippen LogP contribution in [-0.2, 0) is 9.53 Å². The van der Waals surface area contributed by atoms with Gasteiger partial charge in [0.05, 0.1) is 18.8 Å². The van der Waals surface area contributed by atoms with E-state index in [2.05, 4.69) is 15.0 Å². The number of ether oxygens (including phenoxy) is 1. The van der Waals surface area contributed by atoms with Crippen molar-refractivity contribution < 1.29 is 9.53 Å². The summed E-state index contributed by atoms with van der Waals surface area (Å²) in [6.45, 7) is 1.83. The van der Waals surface area contributed by atoms with Crippen LogP contribution in [-0.4, -0.2) is 45.5 Å². The highest BCUT2D eigenvalue weighted by atomic mass is 16.5. The van der Waals surface area contributed by atoms with Crippen molar-refractivity contribution >= 4 is 5.91 Å². The Hall–Kier alpha value is -2.34. The lowest BCUT2D eigenvalue weighted by molar-refractivity contribution is -0.139. The highest BCUT2D eigenvalue weighted by molar-refractivity contribution is 5.76. The van der Waals surface area contributed by atoms with Crippen LogP contribution in [0.3, 0.4) is 0 Å². The topological polar surface area (TPSA) is 68.2 Å². The van der Waals surface area contributed by atoms with Crippen LogP contribution in [0.2, 0.25) is 0 Å². The van der Waals surface area contributed by atoms with Gasteiger partial charge < -0.3 is 9.64 Å². The first-order valence-corrected chi connectivity index (χ1v) is 9.90.